The molecular weight excluding hydrogens is 202 g/mol. The van der Waals surface area contributed by atoms with E-state index in [4.69, 9.17) is 0 Å². The molecule has 1 rings (SSSR count). The largest absolute Gasteiger partial charge is 0.314 e. The summed E-state index contributed by atoms with van der Waals surface area (Å²) in [6.45, 7) is 10.3. The van der Waals surface area contributed by atoms with E-state index in [0.717, 1.165) is 6.54 Å². The molecule has 0 radical (unpaired) electrons. The molecule has 0 saturated carbocycles. The molecule has 0 bridgehead atoms. The van der Waals surface area contributed by atoms with Crippen LogP contribution in [-0.4, -0.2) is 12.6 Å². The first-order chi connectivity index (χ1) is 7.06. The summed E-state index contributed by atoms with van der Waals surface area (Å²) in [6, 6.07) is 2.84. The second kappa shape index (κ2) is 5.66. The molecule has 1 aromatic heterocycles. The van der Waals surface area contributed by atoms with Crippen molar-refractivity contribution in [2.45, 2.75) is 52.0 Å². The van der Waals surface area contributed by atoms with Crippen molar-refractivity contribution in [3.63, 3.8) is 0 Å². The van der Waals surface area contributed by atoms with E-state index in [1.165, 1.54) is 18.4 Å². The molecule has 1 unspecified atom stereocenters. The smallest absolute Gasteiger partial charge is 0.00470 e. The minimum absolute atomic E-state index is 0.292. The number of thiophene rings is 1. The summed E-state index contributed by atoms with van der Waals surface area (Å²) < 4.78 is 0. The number of hydrogen-bond acceptors (Lipinski definition) is 2. The van der Waals surface area contributed by atoms with E-state index in [1.807, 2.05) is 0 Å². The lowest BCUT2D eigenvalue weighted by Gasteiger charge is -2.28. The maximum atomic E-state index is 3.55. The summed E-state index contributed by atoms with van der Waals surface area (Å²) in [7, 11) is 0. The second-order valence-electron chi connectivity index (χ2n) is 4.96. The van der Waals surface area contributed by atoms with Crippen LogP contribution in [0.25, 0.3) is 0 Å². The molecule has 0 saturated heterocycles. The van der Waals surface area contributed by atoms with Crippen LogP contribution in [0.2, 0.25) is 0 Å². The molecule has 1 N–H and O–H groups in total. The van der Waals surface area contributed by atoms with Gasteiger partial charge in [-0.25, -0.2) is 0 Å². The van der Waals surface area contributed by atoms with Crippen molar-refractivity contribution in [1.82, 2.24) is 5.32 Å². The quantitative estimate of drug-likeness (QED) is 0.776. The molecule has 15 heavy (non-hydrogen) atoms. The molecule has 0 aliphatic rings. The lowest BCUT2D eigenvalue weighted by Crippen LogP contribution is -2.33. The fraction of sp³-hybridized carbons (Fsp3) is 0.692. The van der Waals surface area contributed by atoms with Gasteiger partial charge in [-0.1, -0.05) is 20.8 Å². The summed E-state index contributed by atoms with van der Waals surface area (Å²) in [5, 5.41) is 7.99. The molecule has 1 atom stereocenters. The van der Waals surface area contributed by atoms with Crippen LogP contribution in [-0.2, 0) is 5.41 Å². The predicted molar refractivity (Wildman–Crippen MR) is 69.7 cm³/mol. The van der Waals surface area contributed by atoms with Gasteiger partial charge >= 0.3 is 0 Å². The van der Waals surface area contributed by atoms with Crippen LogP contribution in [0.4, 0.5) is 0 Å². The second-order valence-corrected chi connectivity index (χ2v) is 5.74. The lowest BCUT2D eigenvalue weighted by molar-refractivity contribution is 0.390. The van der Waals surface area contributed by atoms with E-state index in [1.54, 1.807) is 11.3 Å². The first kappa shape index (κ1) is 12.7. The average Bonchev–Trinajstić information content (AvgIpc) is 2.67. The SMILES string of the molecule is CCCNC(C)CC(C)(C)c1ccsc1. The van der Waals surface area contributed by atoms with Crippen LogP contribution >= 0.6 is 11.3 Å². The van der Waals surface area contributed by atoms with Gasteiger partial charge in [0.2, 0.25) is 0 Å². The maximum absolute atomic E-state index is 3.55. The molecule has 1 aromatic rings. The Morgan fingerprint density at radius 2 is 2.20 bits per heavy atom. The Morgan fingerprint density at radius 1 is 1.47 bits per heavy atom. The summed E-state index contributed by atoms with van der Waals surface area (Å²) in [5.74, 6) is 0. The van der Waals surface area contributed by atoms with Crippen molar-refractivity contribution >= 4 is 11.3 Å². The van der Waals surface area contributed by atoms with Crippen LogP contribution in [0, 0.1) is 0 Å². The van der Waals surface area contributed by atoms with E-state index < -0.39 is 0 Å². The zero-order valence-electron chi connectivity index (χ0n) is 10.3. The third-order valence-electron chi connectivity index (χ3n) is 2.86. The van der Waals surface area contributed by atoms with E-state index in [0.29, 0.717) is 11.5 Å². The van der Waals surface area contributed by atoms with Gasteiger partial charge in [-0.3, -0.25) is 0 Å². The molecule has 0 aromatic carbocycles. The zero-order chi connectivity index (χ0) is 11.3. The van der Waals surface area contributed by atoms with E-state index in [9.17, 15) is 0 Å². The Kier molecular flexibility index (Phi) is 4.81. The highest BCUT2D eigenvalue weighted by atomic mass is 32.1. The number of hydrogen-bond donors (Lipinski definition) is 1. The molecular formula is C13H23NS. The summed E-state index contributed by atoms with van der Waals surface area (Å²) in [5.41, 5.74) is 1.76. The van der Waals surface area contributed by atoms with E-state index >= 15 is 0 Å². The molecule has 0 aliphatic carbocycles. The standard InChI is InChI=1S/C13H23NS/c1-5-7-14-11(2)9-13(3,4)12-6-8-15-10-12/h6,8,10-11,14H,5,7,9H2,1-4H3. The fourth-order valence-electron chi connectivity index (χ4n) is 2.00. The molecule has 0 aliphatic heterocycles. The fourth-order valence-corrected chi connectivity index (χ4v) is 2.84. The first-order valence-electron chi connectivity index (χ1n) is 5.82. The van der Waals surface area contributed by atoms with Crippen molar-refractivity contribution in [2.75, 3.05) is 6.54 Å². The van der Waals surface area contributed by atoms with Gasteiger partial charge in [-0.2, -0.15) is 11.3 Å². The Labute approximate surface area is 97.9 Å². The summed E-state index contributed by atoms with van der Waals surface area (Å²) in [4.78, 5) is 0. The average molecular weight is 225 g/mol. The number of nitrogens with one attached hydrogen (secondary N) is 1. The highest BCUT2D eigenvalue weighted by molar-refractivity contribution is 7.08. The first-order valence-corrected chi connectivity index (χ1v) is 6.76. The zero-order valence-corrected chi connectivity index (χ0v) is 11.2. The monoisotopic (exact) mass is 225 g/mol. The molecule has 0 amide bonds. The summed E-state index contributed by atoms with van der Waals surface area (Å²) in [6.07, 6.45) is 2.41. The van der Waals surface area contributed by atoms with E-state index in [-0.39, 0.29) is 0 Å². The topological polar surface area (TPSA) is 12.0 Å². The van der Waals surface area contributed by atoms with Crippen molar-refractivity contribution in [2.24, 2.45) is 0 Å². The highest BCUT2D eigenvalue weighted by Crippen LogP contribution is 2.29. The lowest BCUT2D eigenvalue weighted by atomic mass is 9.81. The van der Waals surface area contributed by atoms with Gasteiger partial charge in [-0.15, -0.1) is 0 Å². The highest BCUT2D eigenvalue weighted by Gasteiger charge is 2.23. The van der Waals surface area contributed by atoms with Crippen molar-refractivity contribution in [3.05, 3.63) is 22.4 Å². The van der Waals surface area contributed by atoms with Gasteiger partial charge in [0.25, 0.3) is 0 Å². The van der Waals surface area contributed by atoms with Crippen LogP contribution in [0.3, 0.4) is 0 Å². The summed E-state index contributed by atoms with van der Waals surface area (Å²) >= 11 is 1.79. The number of rotatable bonds is 6. The Morgan fingerprint density at radius 3 is 2.73 bits per heavy atom. The Bertz CT molecular complexity index is 264. The van der Waals surface area contributed by atoms with E-state index in [2.05, 4.69) is 49.8 Å². The van der Waals surface area contributed by atoms with Crippen LogP contribution in [0.1, 0.15) is 46.1 Å². The van der Waals surface area contributed by atoms with Gasteiger partial charge < -0.3 is 5.32 Å². The molecule has 2 heteroatoms. The van der Waals surface area contributed by atoms with Gasteiger partial charge in [-0.05, 0) is 54.1 Å². The molecule has 86 valence electrons. The third-order valence-corrected chi connectivity index (χ3v) is 3.55. The van der Waals surface area contributed by atoms with Gasteiger partial charge in [0, 0.05) is 6.04 Å². The van der Waals surface area contributed by atoms with Crippen LogP contribution in [0.5, 0.6) is 0 Å². The Hall–Kier alpha value is -0.340. The minimum Gasteiger partial charge on any atom is -0.314 e. The molecule has 0 spiro atoms. The maximum Gasteiger partial charge on any atom is 0.00470 e. The minimum atomic E-state index is 0.292. The van der Waals surface area contributed by atoms with Crippen LogP contribution in [0.15, 0.2) is 16.8 Å². The van der Waals surface area contributed by atoms with Gasteiger partial charge in [0.05, 0.1) is 0 Å². The van der Waals surface area contributed by atoms with Crippen molar-refractivity contribution < 1.29 is 0 Å². The van der Waals surface area contributed by atoms with Gasteiger partial charge in [0.15, 0.2) is 0 Å². The molecule has 0 fully saturated rings. The van der Waals surface area contributed by atoms with Crippen LogP contribution < -0.4 is 5.32 Å². The normalized spacial score (nSPS) is 14.1. The predicted octanol–water partition coefficient (Wildman–Crippen LogP) is 3.80. The van der Waals surface area contributed by atoms with Gasteiger partial charge in [0.1, 0.15) is 0 Å². The van der Waals surface area contributed by atoms with Crippen molar-refractivity contribution in [3.8, 4) is 0 Å². The van der Waals surface area contributed by atoms with Crippen molar-refractivity contribution in [1.29, 1.82) is 0 Å². The molecule has 1 heterocycles. The molecule has 1 nitrogen and oxygen atoms in total. The Balaban J connectivity index is 2.49. The third kappa shape index (κ3) is 3.96.